The minimum Gasteiger partial charge on any atom is -0.378 e. The number of ether oxygens (including phenoxy) is 3. The van der Waals surface area contributed by atoms with Crippen LogP contribution in [0.1, 0.15) is 66.2 Å². The van der Waals surface area contributed by atoms with Crippen molar-refractivity contribution >= 4 is 0 Å². The predicted molar refractivity (Wildman–Crippen MR) is 119 cm³/mol. The molecule has 0 amide bonds. The van der Waals surface area contributed by atoms with Gasteiger partial charge in [0.2, 0.25) is 0 Å². The standard InChI is InChI=1S/C25H44N2O3/c1-17(2)5-8-29-23-11-20-9-18(23)13-26(20)7-6-25(3,4)30-24-12-21-10-19(24)14-27(21)22-15-28-16-22/h17-24H,5-16H2,1-4H3. The van der Waals surface area contributed by atoms with Gasteiger partial charge in [-0.2, -0.15) is 0 Å². The summed E-state index contributed by atoms with van der Waals surface area (Å²) in [5.74, 6) is 2.24. The fourth-order valence-electron chi connectivity index (χ4n) is 6.76. The lowest BCUT2D eigenvalue weighted by atomic mass is 9.99. The second-order valence-electron chi connectivity index (χ2n) is 11.9. The molecule has 5 aliphatic rings. The van der Waals surface area contributed by atoms with Crippen LogP contribution in [0.3, 0.4) is 0 Å². The molecular weight excluding hydrogens is 376 g/mol. The van der Waals surface area contributed by atoms with Gasteiger partial charge in [0.1, 0.15) is 0 Å². The Hall–Kier alpha value is -0.200. The van der Waals surface area contributed by atoms with Gasteiger partial charge >= 0.3 is 0 Å². The molecule has 0 aromatic carbocycles. The Bertz CT molecular complexity index is 593. The van der Waals surface area contributed by atoms with Crippen LogP contribution in [-0.4, -0.2) is 85.2 Å². The predicted octanol–water partition coefficient (Wildman–Crippen LogP) is 3.56. The Labute approximate surface area is 183 Å². The van der Waals surface area contributed by atoms with Gasteiger partial charge < -0.3 is 14.2 Å². The van der Waals surface area contributed by atoms with Gasteiger partial charge in [0.05, 0.1) is 37.1 Å². The van der Waals surface area contributed by atoms with Gasteiger partial charge in [-0.3, -0.25) is 9.80 Å². The first-order chi connectivity index (χ1) is 14.4. The van der Waals surface area contributed by atoms with Gasteiger partial charge in [-0.1, -0.05) is 13.8 Å². The highest BCUT2D eigenvalue weighted by atomic mass is 16.5. The van der Waals surface area contributed by atoms with Gasteiger partial charge in [0, 0.05) is 38.3 Å². The number of fused-ring (bicyclic) bond motifs is 4. The maximum atomic E-state index is 6.74. The first-order valence-corrected chi connectivity index (χ1v) is 12.7. The Kier molecular flexibility index (Phi) is 6.22. The number of hydrogen-bond acceptors (Lipinski definition) is 5. The van der Waals surface area contributed by atoms with Crippen LogP contribution in [0.5, 0.6) is 0 Å². The van der Waals surface area contributed by atoms with E-state index in [0.717, 1.165) is 56.1 Å². The van der Waals surface area contributed by atoms with E-state index in [1.54, 1.807) is 0 Å². The number of hydrogen-bond donors (Lipinski definition) is 0. The second kappa shape index (κ2) is 8.62. The molecule has 3 aliphatic heterocycles. The van der Waals surface area contributed by atoms with Crippen LogP contribution >= 0.6 is 0 Å². The third-order valence-corrected chi connectivity index (χ3v) is 8.70. The SMILES string of the molecule is CC(C)CCOC1CC2CC1CN2CCC(C)(C)OC1CC2CC1CN2C1COC1. The molecule has 0 aromatic heterocycles. The summed E-state index contributed by atoms with van der Waals surface area (Å²) in [6, 6.07) is 2.18. The zero-order valence-electron chi connectivity index (χ0n) is 19.7. The van der Waals surface area contributed by atoms with Crippen LogP contribution in [-0.2, 0) is 14.2 Å². The summed E-state index contributed by atoms with van der Waals surface area (Å²) in [6.45, 7) is 15.7. The lowest BCUT2D eigenvalue weighted by Gasteiger charge is -2.43. The molecule has 30 heavy (non-hydrogen) atoms. The molecule has 6 unspecified atom stereocenters. The average molecular weight is 421 g/mol. The van der Waals surface area contributed by atoms with Gasteiger partial charge in [-0.15, -0.1) is 0 Å². The summed E-state index contributed by atoms with van der Waals surface area (Å²) in [5.41, 5.74) is -0.0193. The van der Waals surface area contributed by atoms with E-state index >= 15 is 0 Å². The molecule has 5 nitrogen and oxygen atoms in total. The number of rotatable bonds is 10. The first-order valence-electron chi connectivity index (χ1n) is 12.7. The normalized spacial score (nSPS) is 39.5. The van der Waals surface area contributed by atoms with E-state index in [2.05, 4.69) is 37.5 Å². The minimum absolute atomic E-state index is 0.0193. The second-order valence-corrected chi connectivity index (χ2v) is 11.9. The van der Waals surface area contributed by atoms with E-state index in [0.29, 0.717) is 18.2 Å². The molecule has 5 fully saturated rings. The molecule has 172 valence electrons. The van der Waals surface area contributed by atoms with E-state index in [1.807, 2.05) is 0 Å². The summed E-state index contributed by atoms with van der Waals surface area (Å²) in [4.78, 5) is 5.44. The Balaban J connectivity index is 1.03. The van der Waals surface area contributed by atoms with Crippen molar-refractivity contribution in [3.05, 3.63) is 0 Å². The molecule has 0 aromatic rings. The summed E-state index contributed by atoms with van der Waals surface area (Å²) < 4.78 is 18.4. The third kappa shape index (κ3) is 4.47. The van der Waals surface area contributed by atoms with E-state index in [1.165, 1.54) is 51.7 Å². The fourth-order valence-corrected chi connectivity index (χ4v) is 6.76. The zero-order valence-corrected chi connectivity index (χ0v) is 19.7. The van der Waals surface area contributed by atoms with Crippen LogP contribution < -0.4 is 0 Å². The van der Waals surface area contributed by atoms with Crippen LogP contribution in [0.2, 0.25) is 0 Å². The van der Waals surface area contributed by atoms with Crippen molar-refractivity contribution in [1.82, 2.24) is 9.80 Å². The van der Waals surface area contributed by atoms with Crippen LogP contribution in [0, 0.1) is 17.8 Å². The van der Waals surface area contributed by atoms with Gasteiger partial charge in [0.25, 0.3) is 0 Å². The van der Waals surface area contributed by atoms with Crippen LogP contribution in [0.4, 0.5) is 0 Å². The van der Waals surface area contributed by atoms with E-state index in [9.17, 15) is 0 Å². The Morgan fingerprint density at radius 3 is 2.27 bits per heavy atom. The van der Waals surface area contributed by atoms with Crippen molar-refractivity contribution < 1.29 is 14.2 Å². The molecule has 4 bridgehead atoms. The number of piperidine rings is 2. The van der Waals surface area contributed by atoms with Crippen molar-refractivity contribution in [2.45, 2.75) is 102 Å². The van der Waals surface area contributed by atoms with Gasteiger partial charge in [-0.05, 0) is 70.1 Å². The molecule has 5 heteroatoms. The third-order valence-electron chi connectivity index (χ3n) is 8.70. The topological polar surface area (TPSA) is 34.2 Å². The summed E-state index contributed by atoms with van der Waals surface area (Å²) >= 11 is 0. The van der Waals surface area contributed by atoms with Crippen molar-refractivity contribution in [2.75, 3.05) is 39.5 Å². The highest BCUT2D eigenvalue weighted by Crippen LogP contribution is 2.44. The monoisotopic (exact) mass is 420 g/mol. The highest BCUT2D eigenvalue weighted by molar-refractivity contribution is 5.03. The lowest BCUT2D eigenvalue weighted by Crippen LogP contribution is -2.54. The Morgan fingerprint density at radius 2 is 1.67 bits per heavy atom. The minimum atomic E-state index is -0.0193. The number of nitrogens with zero attached hydrogens (tertiary/aromatic N) is 2. The first kappa shape index (κ1) is 21.6. The molecule has 2 aliphatic carbocycles. The molecule has 3 saturated heterocycles. The molecule has 3 heterocycles. The maximum Gasteiger partial charge on any atom is 0.0645 e. The Morgan fingerprint density at radius 1 is 0.933 bits per heavy atom. The highest BCUT2D eigenvalue weighted by Gasteiger charge is 2.50. The van der Waals surface area contributed by atoms with Crippen molar-refractivity contribution in [1.29, 1.82) is 0 Å². The van der Waals surface area contributed by atoms with Gasteiger partial charge in [-0.25, -0.2) is 0 Å². The van der Waals surface area contributed by atoms with Crippen LogP contribution in [0.15, 0.2) is 0 Å². The smallest absolute Gasteiger partial charge is 0.0645 e. The molecular formula is C25H44N2O3. The summed E-state index contributed by atoms with van der Waals surface area (Å²) in [6.07, 6.45) is 8.49. The number of likely N-dealkylation sites (tertiary alicyclic amines) is 2. The maximum absolute atomic E-state index is 6.74. The molecule has 6 atom stereocenters. The van der Waals surface area contributed by atoms with Crippen molar-refractivity contribution in [2.24, 2.45) is 17.8 Å². The zero-order chi connectivity index (χ0) is 20.9. The average Bonchev–Trinajstić information content (AvgIpc) is 3.38. The lowest BCUT2D eigenvalue weighted by molar-refractivity contribution is -0.125. The van der Waals surface area contributed by atoms with E-state index < -0.39 is 0 Å². The fraction of sp³-hybridized carbons (Fsp3) is 1.00. The van der Waals surface area contributed by atoms with Crippen LogP contribution in [0.25, 0.3) is 0 Å². The molecule has 2 saturated carbocycles. The summed E-state index contributed by atoms with van der Waals surface area (Å²) in [7, 11) is 0. The molecule has 5 rings (SSSR count). The quantitative estimate of drug-likeness (QED) is 0.540. The van der Waals surface area contributed by atoms with E-state index in [-0.39, 0.29) is 5.60 Å². The van der Waals surface area contributed by atoms with Crippen molar-refractivity contribution in [3.8, 4) is 0 Å². The van der Waals surface area contributed by atoms with Gasteiger partial charge in [0.15, 0.2) is 0 Å². The van der Waals surface area contributed by atoms with E-state index in [4.69, 9.17) is 14.2 Å². The van der Waals surface area contributed by atoms with Crippen molar-refractivity contribution in [3.63, 3.8) is 0 Å². The molecule has 0 N–H and O–H groups in total. The molecule has 0 spiro atoms. The largest absolute Gasteiger partial charge is 0.378 e. The summed E-state index contributed by atoms with van der Waals surface area (Å²) in [5, 5.41) is 0. The molecule has 0 radical (unpaired) electrons.